The van der Waals surface area contributed by atoms with Gasteiger partial charge in [-0.25, -0.2) is 0 Å². The molecule has 2 aromatic rings. The zero-order valence-electron chi connectivity index (χ0n) is 28.1. The lowest BCUT2D eigenvalue weighted by molar-refractivity contribution is -0.914. The van der Waals surface area contributed by atoms with E-state index in [9.17, 15) is 9.59 Å². The minimum atomic E-state index is -0.410. The first-order valence-corrected chi connectivity index (χ1v) is 17.5. The number of piperidine rings is 2. The maximum atomic E-state index is 13.8. The monoisotopic (exact) mass is 858 g/mol. The van der Waals surface area contributed by atoms with Gasteiger partial charge in [0.25, 0.3) is 0 Å². The van der Waals surface area contributed by atoms with E-state index >= 15 is 0 Å². The van der Waals surface area contributed by atoms with Gasteiger partial charge in [0.2, 0.25) is 0 Å². The summed E-state index contributed by atoms with van der Waals surface area (Å²) in [6.07, 6.45) is 11.8. The van der Waals surface area contributed by atoms with Gasteiger partial charge in [0.1, 0.15) is 0 Å². The number of likely N-dealkylation sites (tertiary alicyclic amines) is 2. The highest BCUT2D eigenvalue weighted by Gasteiger charge is 2.59. The van der Waals surface area contributed by atoms with Gasteiger partial charge >= 0.3 is 11.9 Å². The zero-order chi connectivity index (χ0) is 30.8. The van der Waals surface area contributed by atoms with Crippen molar-refractivity contribution in [3.05, 3.63) is 71.8 Å². The van der Waals surface area contributed by atoms with E-state index < -0.39 is 11.8 Å². The highest BCUT2D eigenvalue weighted by molar-refractivity contribution is 5.85. The van der Waals surface area contributed by atoms with Gasteiger partial charge in [-0.15, -0.1) is 0 Å². The van der Waals surface area contributed by atoms with Crippen molar-refractivity contribution >= 4 is 11.9 Å². The average molecular weight is 859 g/mol. The minimum absolute atomic E-state index is 0. The zero-order valence-corrected chi connectivity index (χ0v) is 32.4. The molecule has 1 saturated carbocycles. The lowest BCUT2D eigenvalue weighted by Crippen LogP contribution is -3.00. The van der Waals surface area contributed by atoms with E-state index in [1.54, 1.807) is 0 Å². The fourth-order valence-corrected chi connectivity index (χ4v) is 8.24. The molecule has 1 aliphatic carbocycles. The molecule has 2 aromatic carbocycles. The van der Waals surface area contributed by atoms with Gasteiger partial charge in [0.05, 0.1) is 78.4 Å². The second kappa shape index (κ2) is 19.1. The molecule has 6 nitrogen and oxygen atoms in total. The number of rotatable bonds is 14. The Kier molecular flexibility index (Phi) is 16.3. The number of hydrogen-bond donors (Lipinski definition) is 0. The Balaban J connectivity index is 0.00000288. The predicted octanol–water partition coefficient (Wildman–Crippen LogP) is 0.716. The minimum Gasteiger partial charge on any atom is -1.00 e. The highest BCUT2D eigenvalue weighted by Crippen LogP contribution is 2.58. The number of ether oxygens (including phenoxy) is 2. The Morgan fingerprint density at radius 1 is 0.565 bits per heavy atom. The van der Waals surface area contributed by atoms with Crippen molar-refractivity contribution in [1.82, 2.24) is 0 Å². The molecule has 2 saturated heterocycles. The number of carbonyl (C=O) groups excluding carboxylic acids is 2. The Hall–Kier alpha value is -1.24. The molecular weight excluding hydrogens is 802 g/mol. The lowest BCUT2D eigenvalue weighted by Gasteiger charge is -2.49. The van der Waals surface area contributed by atoms with Crippen LogP contribution >= 0.6 is 0 Å². The number of esters is 2. The third kappa shape index (κ3) is 10.4. The van der Waals surface area contributed by atoms with E-state index in [2.05, 4.69) is 14.1 Å². The molecule has 8 heteroatoms. The van der Waals surface area contributed by atoms with E-state index in [4.69, 9.17) is 9.47 Å². The number of halogens is 2. The third-order valence-corrected chi connectivity index (χ3v) is 10.9. The van der Waals surface area contributed by atoms with Crippen LogP contribution in [-0.2, 0) is 19.1 Å². The second-order valence-corrected chi connectivity index (χ2v) is 14.4. The normalized spacial score (nSPS) is 24.7. The van der Waals surface area contributed by atoms with Gasteiger partial charge < -0.3 is 66.4 Å². The van der Waals surface area contributed by atoms with Crippen LogP contribution in [-0.4, -0.2) is 87.5 Å². The molecule has 5 rings (SSSR count). The van der Waals surface area contributed by atoms with Crippen LogP contribution in [0.2, 0.25) is 0 Å². The number of quaternary nitrogens is 2. The van der Waals surface area contributed by atoms with E-state index in [-0.39, 0.29) is 71.7 Å². The number of unbranched alkanes of at least 4 members (excludes halogenated alkanes) is 2. The summed E-state index contributed by atoms with van der Waals surface area (Å²) in [6, 6.07) is 20.1. The Labute approximate surface area is 312 Å². The smallest absolute Gasteiger partial charge is 0.310 e. The second-order valence-electron chi connectivity index (χ2n) is 14.4. The summed E-state index contributed by atoms with van der Waals surface area (Å²) >= 11 is 0. The van der Waals surface area contributed by atoms with E-state index in [0.717, 1.165) is 58.9 Å². The van der Waals surface area contributed by atoms with Gasteiger partial charge in [-0.2, -0.15) is 0 Å². The standard InChI is InChI=1S/C38H56N2O4.2HI/c1-39(23-11-5-12-24-39)27-15-17-29-43-37(41)35-33(31-19-7-3-8-20-31)36(34(35)32-21-9-4-10-22-32)38(42)44-30-18-16-28-40(2)25-13-6-14-26-40;;/h3-4,7-10,19-22,33-36H,5-6,11-18,23-30H2,1-2H3;2*1H/q+2;;/p-2. The predicted molar refractivity (Wildman–Crippen MR) is 175 cm³/mol. The van der Waals surface area contributed by atoms with Crippen LogP contribution < -0.4 is 48.0 Å². The summed E-state index contributed by atoms with van der Waals surface area (Å²) in [7, 11) is 4.73. The Morgan fingerprint density at radius 3 is 1.26 bits per heavy atom. The Bertz CT molecular complexity index is 1080. The van der Waals surface area contributed by atoms with Crippen molar-refractivity contribution < 1.29 is 76.0 Å². The largest absolute Gasteiger partial charge is 1.00 e. The molecule has 0 atom stereocenters. The molecule has 0 aromatic heterocycles. The Morgan fingerprint density at radius 2 is 0.913 bits per heavy atom. The highest BCUT2D eigenvalue weighted by atomic mass is 127. The quantitative estimate of drug-likeness (QED) is 0.122. The van der Waals surface area contributed by atoms with Gasteiger partial charge in [0.15, 0.2) is 0 Å². The van der Waals surface area contributed by atoms with Gasteiger partial charge in [-0.3, -0.25) is 9.59 Å². The molecule has 0 radical (unpaired) electrons. The summed E-state index contributed by atoms with van der Waals surface area (Å²) < 4.78 is 14.2. The van der Waals surface area contributed by atoms with Crippen molar-refractivity contribution in [2.24, 2.45) is 11.8 Å². The van der Waals surface area contributed by atoms with Crippen LogP contribution in [0.25, 0.3) is 0 Å². The van der Waals surface area contributed by atoms with E-state index in [0.29, 0.717) is 13.2 Å². The number of nitrogens with zero attached hydrogens (tertiary/aromatic N) is 2. The fourth-order valence-electron chi connectivity index (χ4n) is 8.24. The molecule has 0 N–H and O–H groups in total. The molecule has 0 unspecified atom stereocenters. The maximum Gasteiger partial charge on any atom is 0.310 e. The fraction of sp³-hybridized carbons (Fsp3) is 0.632. The van der Waals surface area contributed by atoms with Gasteiger partial charge in [0, 0.05) is 11.8 Å². The molecule has 46 heavy (non-hydrogen) atoms. The van der Waals surface area contributed by atoms with Crippen molar-refractivity contribution in [1.29, 1.82) is 0 Å². The number of carbonyl (C=O) groups is 2. The van der Waals surface area contributed by atoms with Crippen LogP contribution in [0.4, 0.5) is 0 Å². The first-order chi connectivity index (χ1) is 21.4. The molecular formula is C38H56I2N2O4. The molecule has 0 bridgehead atoms. The summed E-state index contributed by atoms with van der Waals surface area (Å²) in [5, 5.41) is 0. The average Bonchev–Trinajstić information content (AvgIpc) is 3.02. The maximum absolute atomic E-state index is 13.8. The van der Waals surface area contributed by atoms with Crippen molar-refractivity contribution in [2.45, 2.75) is 76.0 Å². The van der Waals surface area contributed by atoms with Gasteiger partial charge in [-0.1, -0.05) is 60.7 Å². The van der Waals surface area contributed by atoms with Gasteiger partial charge in [-0.05, 0) is 75.3 Å². The van der Waals surface area contributed by atoms with Crippen LogP contribution in [0.1, 0.15) is 87.2 Å². The van der Waals surface area contributed by atoms with Crippen LogP contribution in [0.5, 0.6) is 0 Å². The first kappa shape index (κ1) is 39.2. The summed E-state index contributed by atoms with van der Waals surface area (Å²) in [5.41, 5.74) is 2.02. The number of hydrogen-bond acceptors (Lipinski definition) is 4. The molecule has 2 heterocycles. The van der Waals surface area contributed by atoms with E-state index in [1.807, 2.05) is 60.7 Å². The molecule has 3 fully saturated rings. The third-order valence-electron chi connectivity index (χ3n) is 10.9. The van der Waals surface area contributed by atoms with Crippen LogP contribution in [0, 0.1) is 11.8 Å². The molecule has 0 amide bonds. The van der Waals surface area contributed by atoms with Crippen molar-refractivity contribution in [3.8, 4) is 0 Å². The lowest BCUT2D eigenvalue weighted by atomic mass is 9.52. The van der Waals surface area contributed by atoms with Crippen molar-refractivity contribution in [3.63, 3.8) is 0 Å². The molecule has 256 valence electrons. The molecule has 2 aliphatic heterocycles. The van der Waals surface area contributed by atoms with E-state index in [1.165, 1.54) is 64.7 Å². The molecule has 0 spiro atoms. The van der Waals surface area contributed by atoms with Crippen molar-refractivity contribution in [2.75, 3.05) is 66.6 Å². The molecule has 3 aliphatic rings. The van der Waals surface area contributed by atoms with Crippen LogP contribution in [0.15, 0.2) is 60.7 Å². The summed E-state index contributed by atoms with van der Waals surface area (Å²) in [5.74, 6) is -1.70. The topological polar surface area (TPSA) is 52.6 Å². The number of benzene rings is 2. The first-order valence-electron chi connectivity index (χ1n) is 17.5. The SMILES string of the molecule is C[N+]1(CCCCOC(=O)C2C(c3ccccc3)C(C(=O)OCCCC[N+]3(C)CCCCC3)C2c2ccccc2)CCCCC1.[I-].[I-]. The summed E-state index contributed by atoms with van der Waals surface area (Å²) in [6.45, 7) is 8.20. The van der Waals surface area contributed by atoms with Crippen LogP contribution in [0.3, 0.4) is 0 Å². The summed E-state index contributed by atoms with van der Waals surface area (Å²) in [4.78, 5) is 27.6.